The van der Waals surface area contributed by atoms with Crippen molar-refractivity contribution < 1.29 is 22.7 Å². The molecule has 1 fully saturated rings. The van der Waals surface area contributed by atoms with Crippen molar-refractivity contribution in [1.82, 2.24) is 10.2 Å². The van der Waals surface area contributed by atoms with Crippen molar-refractivity contribution in [2.24, 2.45) is 0 Å². The highest BCUT2D eigenvalue weighted by atomic mass is 35.5. The Kier molecular flexibility index (Phi) is 11.0. The molecule has 0 unspecified atom stereocenters. The number of ether oxygens (including phenoxy) is 1. The van der Waals surface area contributed by atoms with Gasteiger partial charge < -0.3 is 15.0 Å². The van der Waals surface area contributed by atoms with Crippen LogP contribution < -0.4 is 14.4 Å². The highest BCUT2D eigenvalue weighted by Crippen LogP contribution is 2.35. The quantitative estimate of drug-likeness (QED) is 0.261. The third-order valence-corrected chi connectivity index (χ3v) is 10.3. The van der Waals surface area contributed by atoms with Gasteiger partial charge in [0, 0.05) is 12.6 Å². The maximum atomic E-state index is 14.2. The summed E-state index contributed by atoms with van der Waals surface area (Å²) in [4.78, 5) is 29.0. The van der Waals surface area contributed by atoms with E-state index in [0.29, 0.717) is 5.75 Å². The van der Waals surface area contributed by atoms with E-state index >= 15 is 0 Å². The van der Waals surface area contributed by atoms with Crippen molar-refractivity contribution in [1.29, 1.82) is 0 Å². The fourth-order valence-electron chi connectivity index (χ4n) is 5.11. The fourth-order valence-corrected chi connectivity index (χ4v) is 6.99. The number of benzene rings is 3. The second-order valence-corrected chi connectivity index (χ2v) is 13.4. The molecule has 1 N–H and O–H groups in total. The Bertz CT molecular complexity index is 1530. The van der Waals surface area contributed by atoms with Gasteiger partial charge in [-0.15, -0.1) is 0 Å². The Morgan fingerprint density at radius 2 is 1.63 bits per heavy atom. The van der Waals surface area contributed by atoms with Gasteiger partial charge in [0.25, 0.3) is 10.0 Å². The Balaban J connectivity index is 1.70. The number of carbonyl (C=O) groups is 2. The molecule has 11 heteroatoms. The zero-order valence-electron chi connectivity index (χ0n) is 24.6. The second kappa shape index (κ2) is 14.5. The number of halogens is 2. The van der Waals surface area contributed by atoms with Gasteiger partial charge in [-0.3, -0.25) is 13.9 Å². The molecule has 3 aromatic rings. The first kappa shape index (κ1) is 32.6. The Hall–Kier alpha value is -3.27. The summed E-state index contributed by atoms with van der Waals surface area (Å²) in [6, 6.07) is 17.3. The molecular weight excluding hydrogens is 609 g/mol. The molecule has 0 radical (unpaired) electrons. The van der Waals surface area contributed by atoms with Crippen molar-refractivity contribution >= 4 is 50.7 Å². The van der Waals surface area contributed by atoms with Crippen LogP contribution in [0.25, 0.3) is 0 Å². The van der Waals surface area contributed by atoms with Crippen LogP contribution in [0.4, 0.5) is 5.69 Å². The zero-order valence-corrected chi connectivity index (χ0v) is 26.9. The number of nitrogens with zero attached hydrogens (tertiary/aromatic N) is 2. The lowest BCUT2D eigenvalue weighted by Crippen LogP contribution is -2.53. The van der Waals surface area contributed by atoms with E-state index in [-0.39, 0.29) is 39.1 Å². The minimum absolute atomic E-state index is 0.00236. The number of rotatable bonds is 11. The van der Waals surface area contributed by atoms with Crippen LogP contribution in [-0.2, 0) is 26.2 Å². The van der Waals surface area contributed by atoms with Crippen LogP contribution in [0, 0.1) is 6.92 Å². The molecular formula is C32H37Cl2N3O5S. The normalized spacial score (nSPS) is 14.5. The number of hydrogen-bond donors (Lipinski definition) is 1. The Labute approximate surface area is 264 Å². The van der Waals surface area contributed by atoms with Gasteiger partial charge in [-0.25, -0.2) is 8.42 Å². The number of nitrogens with one attached hydrogen (secondary N) is 1. The van der Waals surface area contributed by atoms with Crippen LogP contribution in [-0.4, -0.2) is 50.9 Å². The van der Waals surface area contributed by atoms with Crippen LogP contribution in [0.2, 0.25) is 10.0 Å². The van der Waals surface area contributed by atoms with E-state index in [9.17, 15) is 18.0 Å². The lowest BCUT2D eigenvalue weighted by atomic mass is 9.95. The number of hydrogen-bond acceptors (Lipinski definition) is 5. The summed E-state index contributed by atoms with van der Waals surface area (Å²) in [7, 11) is -2.70. The number of amides is 2. The smallest absolute Gasteiger partial charge is 0.264 e. The molecule has 43 heavy (non-hydrogen) atoms. The SMILES string of the molecule is COc1ccc(CN(C(=O)CN(c2cccc(Cl)c2Cl)S(=O)(=O)c2ccc(C)cc2)[C@@H](C)C(=O)NC2CCCCC2)cc1. The Morgan fingerprint density at radius 3 is 2.26 bits per heavy atom. The molecule has 1 aliphatic carbocycles. The van der Waals surface area contributed by atoms with Crippen molar-refractivity contribution in [2.75, 3.05) is 18.0 Å². The average Bonchev–Trinajstić information content (AvgIpc) is 3.00. The summed E-state index contributed by atoms with van der Waals surface area (Å²) in [6.45, 7) is 2.98. The number of aryl methyl sites for hydroxylation is 1. The zero-order chi connectivity index (χ0) is 31.1. The monoisotopic (exact) mass is 645 g/mol. The van der Waals surface area contributed by atoms with Gasteiger partial charge in [-0.1, -0.05) is 78.4 Å². The van der Waals surface area contributed by atoms with E-state index in [1.165, 1.54) is 23.1 Å². The molecule has 0 spiro atoms. The van der Waals surface area contributed by atoms with E-state index in [4.69, 9.17) is 27.9 Å². The summed E-state index contributed by atoms with van der Waals surface area (Å²) in [6.07, 6.45) is 5.00. The van der Waals surface area contributed by atoms with Crippen molar-refractivity contribution in [2.45, 2.75) is 69.5 Å². The predicted octanol–water partition coefficient (Wildman–Crippen LogP) is 6.37. The largest absolute Gasteiger partial charge is 0.497 e. The third kappa shape index (κ3) is 8.02. The van der Waals surface area contributed by atoms with Gasteiger partial charge in [-0.05, 0) is 68.7 Å². The van der Waals surface area contributed by atoms with E-state index in [1.54, 1.807) is 62.6 Å². The van der Waals surface area contributed by atoms with Crippen LogP contribution >= 0.6 is 23.2 Å². The first-order chi connectivity index (χ1) is 20.5. The van der Waals surface area contributed by atoms with Crippen LogP contribution in [0.5, 0.6) is 5.75 Å². The van der Waals surface area contributed by atoms with Gasteiger partial charge in [0.2, 0.25) is 11.8 Å². The number of carbonyl (C=O) groups excluding carboxylic acids is 2. The molecule has 1 atom stereocenters. The summed E-state index contributed by atoms with van der Waals surface area (Å²) >= 11 is 12.8. The van der Waals surface area contributed by atoms with Crippen LogP contribution in [0.15, 0.2) is 71.6 Å². The molecule has 1 aliphatic rings. The molecule has 0 saturated heterocycles. The molecule has 3 aromatic carbocycles. The van der Waals surface area contributed by atoms with Gasteiger partial charge >= 0.3 is 0 Å². The minimum Gasteiger partial charge on any atom is -0.497 e. The first-order valence-corrected chi connectivity index (χ1v) is 16.5. The van der Waals surface area contributed by atoms with E-state index in [0.717, 1.165) is 47.5 Å². The summed E-state index contributed by atoms with van der Waals surface area (Å²) in [5, 5.41) is 3.24. The molecule has 0 bridgehead atoms. The van der Waals surface area contributed by atoms with Crippen LogP contribution in [0.1, 0.15) is 50.2 Å². The minimum atomic E-state index is -4.26. The molecule has 230 valence electrons. The van der Waals surface area contributed by atoms with E-state index in [1.807, 2.05) is 6.92 Å². The molecule has 1 saturated carbocycles. The number of sulfonamides is 1. The highest BCUT2D eigenvalue weighted by molar-refractivity contribution is 7.92. The lowest BCUT2D eigenvalue weighted by Gasteiger charge is -2.33. The van der Waals surface area contributed by atoms with Gasteiger partial charge in [0.1, 0.15) is 18.3 Å². The molecule has 4 rings (SSSR count). The number of methoxy groups -OCH3 is 1. The first-order valence-electron chi connectivity index (χ1n) is 14.3. The Morgan fingerprint density at radius 1 is 0.977 bits per heavy atom. The standard InChI is InChI=1S/C32H37Cl2N3O5S/c1-22-12-18-27(19-13-22)43(40,41)37(29-11-7-10-28(33)31(29)34)21-30(38)36(20-24-14-16-26(42-3)17-15-24)23(2)32(39)35-25-8-5-4-6-9-25/h7,10-19,23,25H,4-6,8-9,20-21H2,1-3H3,(H,35,39)/t23-/m0/s1. The van der Waals surface area contributed by atoms with Crippen molar-refractivity contribution in [3.63, 3.8) is 0 Å². The topological polar surface area (TPSA) is 96.0 Å². The van der Waals surface area contributed by atoms with Crippen LogP contribution in [0.3, 0.4) is 0 Å². The van der Waals surface area contributed by atoms with Gasteiger partial charge in [-0.2, -0.15) is 0 Å². The lowest BCUT2D eigenvalue weighted by molar-refractivity contribution is -0.139. The average molecular weight is 647 g/mol. The molecule has 0 aliphatic heterocycles. The van der Waals surface area contributed by atoms with E-state index < -0.39 is 28.5 Å². The summed E-state index contributed by atoms with van der Waals surface area (Å²) in [5.41, 5.74) is 1.69. The highest BCUT2D eigenvalue weighted by Gasteiger charge is 2.34. The molecule has 0 aromatic heterocycles. The van der Waals surface area contributed by atoms with E-state index in [2.05, 4.69) is 5.32 Å². The van der Waals surface area contributed by atoms with Gasteiger partial charge in [0.05, 0.1) is 27.7 Å². The van der Waals surface area contributed by atoms with Gasteiger partial charge in [0.15, 0.2) is 0 Å². The fraction of sp³-hybridized carbons (Fsp3) is 0.375. The number of anilines is 1. The second-order valence-electron chi connectivity index (χ2n) is 10.8. The maximum Gasteiger partial charge on any atom is 0.264 e. The molecule has 2 amide bonds. The summed E-state index contributed by atoms with van der Waals surface area (Å²) in [5.74, 6) is -0.216. The van der Waals surface area contributed by atoms with Crippen molar-refractivity contribution in [3.05, 3.63) is 87.9 Å². The molecule has 0 heterocycles. The van der Waals surface area contributed by atoms with Crippen molar-refractivity contribution in [3.8, 4) is 5.75 Å². The third-order valence-electron chi connectivity index (χ3n) is 7.72. The molecule has 8 nitrogen and oxygen atoms in total. The predicted molar refractivity (Wildman–Crippen MR) is 170 cm³/mol. The summed E-state index contributed by atoms with van der Waals surface area (Å²) < 4.78 is 34.3. The maximum absolute atomic E-state index is 14.2.